The molecule has 0 aliphatic heterocycles. The van der Waals surface area contributed by atoms with Crippen molar-refractivity contribution in [2.24, 2.45) is 0 Å². The van der Waals surface area contributed by atoms with Gasteiger partial charge in [-0.2, -0.15) is 0 Å². The van der Waals surface area contributed by atoms with Crippen LogP contribution in [0.5, 0.6) is 11.5 Å². The summed E-state index contributed by atoms with van der Waals surface area (Å²) in [6.07, 6.45) is 2.69. The lowest BCUT2D eigenvalue weighted by Gasteiger charge is -2.12. The van der Waals surface area contributed by atoms with Crippen molar-refractivity contribution in [3.05, 3.63) is 48.5 Å². The summed E-state index contributed by atoms with van der Waals surface area (Å²) in [5.74, 6) is 1.69. The van der Waals surface area contributed by atoms with Gasteiger partial charge in [-0.15, -0.1) is 0 Å². The highest BCUT2D eigenvalue weighted by molar-refractivity contribution is 7.80. The molecule has 2 rings (SSSR count). The second-order valence-electron chi connectivity index (χ2n) is 5.85. The van der Waals surface area contributed by atoms with E-state index in [9.17, 15) is 0 Å². The highest BCUT2D eigenvalue weighted by Crippen LogP contribution is 2.18. The van der Waals surface area contributed by atoms with Crippen molar-refractivity contribution >= 4 is 36.0 Å². The average Bonchev–Trinajstić information content (AvgIpc) is 2.66. The van der Waals surface area contributed by atoms with E-state index in [1.165, 1.54) is 19.9 Å². The van der Waals surface area contributed by atoms with Gasteiger partial charge >= 0.3 is 0 Å². The quantitative estimate of drug-likeness (QED) is 0.457. The third-order valence-electron chi connectivity index (χ3n) is 3.55. The summed E-state index contributed by atoms with van der Waals surface area (Å²) in [6.45, 7) is 9.66. The number of ether oxygens (including phenoxy) is 2. The maximum Gasteiger partial charge on any atom is 0.175 e. The maximum atomic E-state index is 5.40. The second-order valence-corrected chi connectivity index (χ2v) is 6.26. The second kappa shape index (κ2) is 13.9. The van der Waals surface area contributed by atoms with Crippen LogP contribution in [-0.4, -0.2) is 25.6 Å². The van der Waals surface area contributed by atoms with Gasteiger partial charge in [0.1, 0.15) is 18.8 Å². The van der Waals surface area contributed by atoms with E-state index >= 15 is 0 Å². The number of benzene rings is 2. The van der Waals surface area contributed by atoms with Gasteiger partial charge < -0.3 is 20.1 Å². The zero-order valence-corrected chi connectivity index (χ0v) is 17.7. The molecule has 27 heavy (non-hydrogen) atoms. The molecule has 2 aromatic rings. The van der Waals surface area contributed by atoms with Gasteiger partial charge in [0.05, 0.1) is 13.2 Å². The average molecular weight is 386 g/mol. The van der Waals surface area contributed by atoms with Crippen molar-refractivity contribution in [2.75, 3.05) is 23.8 Å². The summed E-state index contributed by atoms with van der Waals surface area (Å²) < 4.78 is 10.8. The van der Waals surface area contributed by atoms with E-state index in [1.807, 2.05) is 62.4 Å². The van der Waals surface area contributed by atoms with E-state index in [-0.39, 0.29) is 0 Å². The maximum absolute atomic E-state index is 5.40. The van der Waals surface area contributed by atoms with Gasteiger partial charge in [0, 0.05) is 11.4 Å². The molecule has 2 aromatic carbocycles. The molecule has 0 fully saturated rings. The van der Waals surface area contributed by atoms with Crippen LogP contribution in [0.1, 0.15) is 27.7 Å². The standard InChI is InChI=1S/C17H20N2O2S.C4H11B/c1-3-20-15-9-5-13(6-10-15)18-17(22)19-14-7-11-16(12-8-14)21-4-2;1-3-5-4-2/h5-12H,3-4H2,1-2H3,(H2,18,19,22);5H,3-4H2,1-2H3. The molecule has 0 saturated heterocycles. The summed E-state index contributed by atoms with van der Waals surface area (Å²) >= 11 is 5.30. The molecule has 0 aliphatic carbocycles. The minimum absolute atomic E-state index is 0.535. The number of anilines is 2. The Morgan fingerprint density at radius 2 is 1.11 bits per heavy atom. The van der Waals surface area contributed by atoms with Gasteiger partial charge in [0.2, 0.25) is 0 Å². The largest absolute Gasteiger partial charge is 0.494 e. The Bertz CT molecular complexity index is 593. The van der Waals surface area contributed by atoms with Crippen molar-refractivity contribution in [1.82, 2.24) is 0 Å². The number of hydrogen-bond donors (Lipinski definition) is 2. The highest BCUT2D eigenvalue weighted by Gasteiger charge is 2.00. The lowest BCUT2D eigenvalue weighted by atomic mass is 9.73. The molecule has 6 heteroatoms. The summed E-state index contributed by atoms with van der Waals surface area (Å²) in [7, 11) is 1.39. The highest BCUT2D eigenvalue weighted by atomic mass is 32.1. The van der Waals surface area contributed by atoms with Crippen LogP contribution in [0.25, 0.3) is 0 Å². The van der Waals surface area contributed by atoms with Crippen LogP contribution >= 0.6 is 12.2 Å². The molecular weight excluding hydrogens is 355 g/mol. The molecule has 0 amide bonds. The van der Waals surface area contributed by atoms with E-state index in [4.69, 9.17) is 21.7 Å². The summed E-state index contributed by atoms with van der Waals surface area (Å²) in [5, 5.41) is 6.80. The SMILES string of the molecule is CCBCC.CCOc1ccc(NC(=S)Nc2ccc(OCC)cc2)cc1. The fourth-order valence-electron chi connectivity index (χ4n) is 2.25. The molecule has 2 N–H and O–H groups in total. The predicted octanol–water partition coefficient (Wildman–Crippen LogP) is 5.59. The molecule has 4 nitrogen and oxygen atoms in total. The van der Waals surface area contributed by atoms with Gasteiger partial charge in [-0.3, -0.25) is 0 Å². The predicted molar refractivity (Wildman–Crippen MR) is 123 cm³/mol. The number of nitrogens with one attached hydrogen (secondary N) is 2. The smallest absolute Gasteiger partial charge is 0.175 e. The van der Waals surface area contributed by atoms with Crippen LogP contribution in [-0.2, 0) is 0 Å². The van der Waals surface area contributed by atoms with Gasteiger partial charge in [0.15, 0.2) is 5.11 Å². The topological polar surface area (TPSA) is 42.5 Å². The molecule has 0 aliphatic rings. The van der Waals surface area contributed by atoms with Crippen LogP contribution in [0.15, 0.2) is 48.5 Å². The molecule has 0 unspecified atom stereocenters. The van der Waals surface area contributed by atoms with E-state index in [1.54, 1.807) is 0 Å². The fourth-order valence-corrected chi connectivity index (χ4v) is 2.49. The molecule has 146 valence electrons. The Hall–Kier alpha value is -2.21. The number of thiocarbonyl (C=S) groups is 1. The van der Waals surface area contributed by atoms with Crippen molar-refractivity contribution in [1.29, 1.82) is 0 Å². The van der Waals surface area contributed by atoms with Gasteiger partial charge in [-0.25, -0.2) is 0 Å². The first-order valence-corrected chi connectivity index (χ1v) is 10.1. The van der Waals surface area contributed by atoms with Crippen LogP contribution in [0.4, 0.5) is 11.4 Å². The normalized spacial score (nSPS) is 9.48. The molecular formula is C21H31BN2O2S. The number of hydrogen-bond acceptors (Lipinski definition) is 3. The van der Waals surface area contributed by atoms with E-state index in [0.29, 0.717) is 18.3 Å². The van der Waals surface area contributed by atoms with Gasteiger partial charge in [-0.05, 0) is 74.6 Å². The lowest BCUT2D eigenvalue weighted by Crippen LogP contribution is -2.18. The Kier molecular flexibility index (Phi) is 11.8. The fraction of sp³-hybridized carbons (Fsp3) is 0.381. The first-order valence-electron chi connectivity index (χ1n) is 9.66. The Morgan fingerprint density at radius 3 is 1.37 bits per heavy atom. The van der Waals surface area contributed by atoms with Gasteiger partial charge in [-0.1, -0.05) is 26.5 Å². The molecule has 0 aromatic heterocycles. The van der Waals surface area contributed by atoms with Crippen molar-refractivity contribution in [3.8, 4) is 11.5 Å². The van der Waals surface area contributed by atoms with Crippen LogP contribution in [0, 0.1) is 0 Å². The monoisotopic (exact) mass is 386 g/mol. The molecule has 0 bridgehead atoms. The van der Waals surface area contributed by atoms with Crippen molar-refractivity contribution < 1.29 is 9.47 Å². The minimum Gasteiger partial charge on any atom is -0.494 e. The van der Waals surface area contributed by atoms with Crippen LogP contribution < -0.4 is 20.1 Å². The zero-order chi connectivity index (χ0) is 19.9. The molecule has 0 saturated carbocycles. The van der Waals surface area contributed by atoms with Crippen LogP contribution in [0.3, 0.4) is 0 Å². The molecule has 0 spiro atoms. The first kappa shape index (κ1) is 22.8. The first-order chi connectivity index (χ1) is 13.1. The van der Waals surface area contributed by atoms with E-state index in [0.717, 1.165) is 22.9 Å². The molecule has 0 atom stereocenters. The Labute approximate surface area is 169 Å². The van der Waals surface area contributed by atoms with Gasteiger partial charge in [0.25, 0.3) is 0 Å². The Balaban J connectivity index is 0.000000646. The van der Waals surface area contributed by atoms with E-state index in [2.05, 4.69) is 24.5 Å². The van der Waals surface area contributed by atoms with E-state index < -0.39 is 0 Å². The zero-order valence-electron chi connectivity index (χ0n) is 16.9. The summed E-state index contributed by atoms with van der Waals surface area (Å²) in [6, 6.07) is 15.3. The number of rotatable bonds is 8. The molecule has 0 radical (unpaired) electrons. The van der Waals surface area contributed by atoms with Crippen molar-refractivity contribution in [3.63, 3.8) is 0 Å². The third-order valence-corrected chi connectivity index (χ3v) is 3.76. The van der Waals surface area contributed by atoms with Crippen LogP contribution in [0.2, 0.25) is 12.6 Å². The summed E-state index contributed by atoms with van der Waals surface area (Å²) in [4.78, 5) is 0. The minimum atomic E-state index is 0.535. The lowest BCUT2D eigenvalue weighted by molar-refractivity contribution is 0.340. The Morgan fingerprint density at radius 1 is 0.741 bits per heavy atom. The third kappa shape index (κ3) is 9.90. The molecule has 0 heterocycles. The van der Waals surface area contributed by atoms with Crippen molar-refractivity contribution in [2.45, 2.75) is 40.3 Å². The summed E-state index contributed by atoms with van der Waals surface area (Å²) in [5.41, 5.74) is 1.82.